The molecular formula is C22H42O5Se. The Morgan fingerprint density at radius 1 is 0.750 bits per heavy atom. The molecule has 1 heterocycles. The summed E-state index contributed by atoms with van der Waals surface area (Å²) in [6.45, 7) is 2.25. The van der Waals surface area contributed by atoms with Gasteiger partial charge in [0.25, 0.3) is 0 Å². The van der Waals surface area contributed by atoms with Crippen molar-refractivity contribution < 1.29 is 21.0 Å². The summed E-state index contributed by atoms with van der Waals surface area (Å²) in [5.41, 5.74) is 0. The van der Waals surface area contributed by atoms with Gasteiger partial charge in [-0.3, -0.25) is 0 Å². The molecule has 1 rings (SSSR count). The molecule has 5 nitrogen and oxygen atoms in total. The first-order chi connectivity index (χ1) is 13.7. The van der Waals surface area contributed by atoms with Crippen LogP contribution in [0.25, 0.3) is 0 Å². The molecule has 1 aliphatic rings. The number of hydrogen-bond donors (Lipinski definition) is 0. The predicted octanol–water partition coefficient (Wildman–Crippen LogP) is 6.01. The first-order valence-electron chi connectivity index (χ1n) is 11.5. The van der Waals surface area contributed by atoms with Crippen molar-refractivity contribution in [3.05, 3.63) is 0 Å². The molecule has 0 aromatic heterocycles. The van der Waals surface area contributed by atoms with Crippen molar-refractivity contribution in [3.63, 3.8) is 0 Å². The van der Waals surface area contributed by atoms with E-state index in [0.29, 0.717) is 6.42 Å². The Kier molecular flexibility index (Phi) is 16.1. The first kappa shape index (κ1) is 25.7. The van der Waals surface area contributed by atoms with Crippen LogP contribution in [-0.2, 0) is 21.0 Å². The van der Waals surface area contributed by atoms with Crippen molar-refractivity contribution in [1.82, 2.24) is 0 Å². The van der Waals surface area contributed by atoms with Crippen molar-refractivity contribution in [2.75, 3.05) is 7.11 Å². The van der Waals surface area contributed by atoms with Gasteiger partial charge < -0.3 is 0 Å². The number of methoxy groups -OCH3 is 1. The summed E-state index contributed by atoms with van der Waals surface area (Å²) in [4.78, 5) is 11.1. The molecule has 0 aliphatic carbocycles. The fourth-order valence-corrected chi connectivity index (χ4v) is 5.59. The molecule has 0 bridgehead atoms. The number of unbranched alkanes of at least 4 members (excludes halogenated alkanes) is 12. The number of rotatable bonds is 18. The molecule has 3 atom stereocenters. The van der Waals surface area contributed by atoms with E-state index in [4.69, 9.17) is 7.64 Å². The van der Waals surface area contributed by atoms with Gasteiger partial charge in [-0.25, -0.2) is 0 Å². The molecule has 1 aliphatic heterocycles. The molecule has 1 unspecified atom stereocenters. The summed E-state index contributed by atoms with van der Waals surface area (Å²) >= 11 is -2.50. The molecule has 0 aromatic rings. The zero-order chi connectivity index (χ0) is 20.5. The minimum atomic E-state index is -2.50. The monoisotopic (exact) mass is 466 g/mol. The van der Waals surface area contributed by atoms with Gasteiger partial charge in [-0.15, -0.1) is 0 Å². The van der Waals surface area contributed by atoms with E-state index in [2.05, 4.69) is 11.7 Å². The average molecular weight is 466 g/mol. The Morgan fingerprint density at radius 2 is 1.18 bits per heavy atom. The van der Waals surface area contributed by atoms with Crippen LogP contribution in [0.5, 0.6) is 0 Å². The fourth-order valence-electron chi connectivity index (χ4n) is 3.72. The van der Waals surface area contributed by atoms with Crippen LogP contribution in [0.4, 0.5) is 0 Å². The molecule has 0 spiro atoms. The van der Waals surface area contributed by atoms with Crippen LogP contribution < -0.4 is 0 Å². The van der Waals surface area contributed by atoms with E-state index in [-0.39, 0.29) is 18.2 Å². The number of hydrogen-bond acceptors (Lipinski definition) is 5. The van der Waals surface area contributed by atoms with Gasteiger partial charge in [0.1, 0.15) is 0 Å². The maximum absolute atomic E-state index is 11.7. The van der Waals surface area contributed by atoms with Crippen molar-refractivity contribution >= 4 is 20.5 Å². The quantitative estimate of drug-likeness (QED) is 0.141. The van der Waals surface area contributed by atoms with Gasteiger partial charge in [-0.05, 0) is 0 Å². The van der Waals surface area contributed by atoms with E-state index in [9.17, 15) is 8.63 Å². The van der Waals surface area contributed by atoms with Gasteiger partial charge >= 0.3 is 170 Å². The standard InChI is InChI=1S/C22H42O5Se/c1-3-4-5-6-7-8-9-11-14-17-20-21(27-28(24)26-20)18-15-12-10-13-16-19-22(23)25-2/h20-21H,3-19H2,1-2H3/t20-,21-,28?/m0/s1. The second-order valence-electron chi connectivity index (χ2n) is 7.97. The van der Waals surface area contributed by atoms with Gasteiger partial charge in [0.2, 0.25) is 0 Å². The third-order valence-electron chi connectivity index (χ3n) is 5.51. The third-order valence-corrected chi connectivity index (χ3v) is 7.21. The normalized spacial score (nSPS) is 21.9. The van der Waals surface area contributed by atoms with E-state index in [1.165, 1.54) is 58.5 Å². The minimum absolute atomic E-state index is 0.0200. The molecule has 1 fully saturated rings. The van der Waals surface area contributed by atoms with Gasteiger partial charge in [0.15, 0.2) is 0 Å². The summed E-state index contributed by atoms with van der Waals surface area (Å²) in [5.74, 6) is -0.123. The zero-order valence-corrected chi connectivity index (χ0v) is 19.8. The third kappa shape index (κ3) is 13.0. The Hall–Kier alpha value is -0.291. The van der Waals surface area contributed by atoms with Crippen LogP contribution in [0.2, 0.25) is 0 Å². The van der Waals surface area contributed by atoms with E-state index in [0.717, 1.165) is 51.4 Å². The Balaban J connectivity index is 2.01. The van der Waals surface area contributed by atoms with E-state index < -0.39 is 14.5 Å². The van der Waals surface area contributed by atoms with Crippen molar-refractivity contribution in [3.8, 4) is 0 Å². The molecule has 0 N–H and O–H groups in total. The molecule has 1 saturated heterocycles. The summed E-state index contributed by atoms with van der Waals surface area (Å²) in [6.07, 6.45) is 19.5. The number of carbonyl (C=O) groups excluding carboxylic acids is 1. The molecule has 0 aromatic carbocycles. The Bertz CT molecular complexity index is 416. The van der Waals surface area contributed by atoms with Crippen molar-refractivity contribution in [2.45, 2.75) is 128 Å². The number of ether oxygens (including phenoxy) is 1. The molecule has 6 heteroatoms. The van der Waals surface area contributed by atoms with Gasteiger partial charge in [0.05, 0.1) is 0 Å². The molecule has 166 valence electrons. The Labute approximate surface area is 177 Å². The zero-order valence-electron chi connectivity index (χ0n) is 18.1. The van der Waals surface area contributed by atoms with Gasteiger partial charge in [-0.1, -0.05) is 6.92 Å². The number of esters is 1. The van der Waals surface area contributed by atoms with Crippen molar-refractivity contribution in [2.24, 2.45) is 0 Å². The van der Waals surface area contributed by atoms with Gasteiger partial charge in [-0.2, -0.15) is 0 Å². The van der Waals surface area contributed by atoms with E-state index >= 15 is 0 Å². The number of carbonyl (C=O) groups is 1. The molecular weight excluding hydrogens is 423 g/mol. The van der Waals surface area contributed by atoms with Crippen molar-refractivity contribution in [1.29, 1.82) is 0 Å². The van der Waals surface area contributed by atoms with Crippen LogP contribution in [0, 0.1) is 0 Å². The van der Waals surface area contributed by atoms with E-state index in [1.54, 1.807) is 0 Å². The Morgan fingerprint density at radius 3 is 1.64 bits per heavy atom. The molecule has 0 saturated carbocycles. The maximum atomic E-state index is 11.7. The molecule has 28 heavy (non-hydrogen) atoms. The van der Waals surface area contributed by atoms with Gasteiger partial charge in [0, 0.05) is 0 Å². The summed E-state index contributed by atoms with van der Waals surface area (Å²) in [7, 11) is 1.43. The van der Waals surface area contributed by atoms with E-state index in [1.807, 2.05) is 0 Å². The van der Waals surface area contributed by atoms with Crippen LogP contribution in [-0.4, -0.2) is 39.8 Å². The average Bonchev–Trinajstić information content (AvgIpc) is 3.05. The topological polar surface area (TPSA) is 61.8 Å². The fraction of sp³-hybridized carbons (Fsp3) is 0.955. The summed E-state index contributed by atoms with van der Waals surface area (Å²) < 4.78 is 27.5. The molecule has 0 radical (unpaired) electrons. The second-order valence-corrected chi connectivity index (χ2v) is 9.64. The van der Waals surface area contributed by atoms with Crippen LogP contribution in [0.3, 0.4) is 0 Å². The summed E-state index contributed by atoms with van der Waals surface area (Å²) in [6, 6.07) is 0. The molecule has 0 amide bonds. The second kappa shape index (κ2) is 17.6. The SMILES string of the molecule is CCCCCCCCCCC[C@@H]1O[Se](=O)O[C@H]1CCCCCCCC(=O)OC. The first-order valence-corrected chi connectivity index (χ1v) is 13.6. The van der Waals surface area contributed by atoms with Crippen LogP contribution >= 0.6 is 0 Å². The summed E-state index contributed by atoms with van der Waals surface area (Å²) in [5, 5.41) is 0. The van der Waals surface area contributed by atoms with Crippen LogP contribution in [0.15, 0.2) is 0 Å². The van der Waals surface area contributed by atoms with Crippen LogP contribution in [0.1, 0.15) is 116 Å². The predicted molar refractivity (Wildman–Crippen MR) is 112 cm³/mol.